The van der Waals surface area contributed by atoms with Crippen LogP contribution in [0.2, 0.25) is 0 Å². The normalized spacial score (nSPS) is 10.7. The van der Waals surface area contributed by atoms with Gasteiger partial charge in [0.2, 0.25) is 0 Å². The van der Waals surface area contributed by atoms with Gasteiger partial charge >= 0.3 is 11.3 Å². The summed E-state index contributed by atoms with van der Waals surface area (Å²) in [6.45, 7) is 0. The van der Waals surface area contributed by atoms with Gasteiger partial charge in [-0.2, -0.15) is 0 Å². The minimum Gasteiger partial charge on any atom is -0.422 e. The summed E-state index contributed by atoms with van der Waals surface area (Å²) in [6, 6.07) is 79.5. The molecule has 0 saturated carbocycles. The summed E-state index contributed by atoms with van der Waals surface area (Å²) in [4.78, 5) is 26.8. The molecule has 0 aliphatic carbocycles. The average molecular weight is 801 g/mol. The number of rotatable bonds is 8. The van der Waals surface area contributed by atoms with Gasteiger partial charge in [0.25, 0.3) is 0 Å². The zero-order valence-electron chi connectivity index (χ0n) is 33.7. The van der Waals surface area contributed by atoms with Crippen molar-refractivity contribution in [2.45, 2.75) is 0 Å². The molecule has 10 rings (SSSR count). The first kappa shape index (κ1) is 39.1. The van der Waals surface area contributed by atoms with Crippen molar-refractivity contribution in [1.29, 1.82) is 0 Å². The van der Waals surface area contributed by atoms with E-state index in [1.165, 1.54) is 0 Å². The predicted octanol–water partition coefficient (Wildman–Crippen LogP) is 14.6. The zero-order chi connectivity index (χ0) is 42.1. The first-order valence-electron chi connectivity index (χ1n) is 20.5. The molecule has 0 spiro atoms. The van der Waals surface area contributed by atoms with Crippen LogP contribution in [0, 0.1) is 0 Å². The Morgan fingerprint density at radius 1 is 0.194 bits per heavy atom. The van der Waals surface area contributed by atoms with Crippen molar-refractivity contribution in [3.8, 4) is 89.4 Å². The van der Waals surface area contributed by atoms with Gasteiger partial charge in [0.1, 0.15) is 11.5 Å². The van der Waals surface area contributed by atoms with E-state index in [1.54, 1.807) is 0 Å². The highest BCUT2D eigenvalue weighted by atomic mass is 16.4. The Morgan fingerprint density at radius 3 is 0.597 bits per heavy atom. The molecule has 10 aromatic rings. The lowest BCUT2D eigenvalue weighted by Crippen LogP contribution is -2.08. The predicted molar refractivity (Wildman–Crippen MR) is 253 cm³/mol. The van der Waals surface area contributed by atoms with Crippen LogP contribution >= 0.6 is 0 Å². The summed E-state index contributed by atoms with van der Waals surface area (Å²) in [6.07, 6.45) is 0. The highest BCUT2D eigenvalue weighted by Gasteiger charge is 2.26. The maximum atomic E-state index is 13.4. The monoisotopic (exact) mass is 800 g/mol. The highest BCUT2D eigenvalue weighted by molar-refractivity contribution is 6.00. The molecule has 4 nitrogen and oxygen atoms in total. The second kappa shape index (κ2) is 18.3. The second-order valence-electron chi connectivity index (χ2n) is 14.6. The third kappa shape index (κ3) is 8.14. The Morgan fingerprint density at radius 2 is 0.371 bits per heavy atom. The summed E-state index contributed by atoms with van der Waals surface area (Å²) in [5.41, 5.74) is 11.4. The molecule has 62 heavy (non-hydrogen) atoms. The smallest absolute Gasteiger partial charge is 0.344 e. The molecular weight excluding hydrogens is 761 g/mol. The molecule has 0 radical (unpaired) electrons. The van der Waals surface area contributed by atoms with Gasteiger partial charge in [0, 0.05) is 33.4 Å². The summed E-state index contributed by atoms with van der Waals surface area (Å²) >= 11 is 0. The summed E-state index contributed by atoms with van der Waals surface area (Å²) in [5, 5.41) is 0. The van der Waals surface area contributed by atoms with Crippen molar-refractivity contribution in [3.63, 3.8) is 0 Å². The van der Waals surface area contributed by atoms with Crippen LogP contribution in [0.15, 0.2) is 261 Å². The van der Waals surface area contributed by atoms with E-state index in [0.29, 0.717) is 22.6 Å². The van der Waals surface area contributed by atoms with Gasteiger partial charge in [-0.15, -0.1) is 0 Å². The standard InChI is InChI=1S/2C29H20O2/c2*30-29-27(23-17-9-3-10-18-23)25(21-13-5-1-6-14-21)26(22-15-7-2-8-16-22)28(31-29)24-19-11-4-12-20-24/h2*1-20H. The Balaban J connectivity index is 0.000000158. The fourth-order valence-electron chi connectivity index (χ4n) is 7.94. The Kier molecular flexibility index (Phi) is 11.5. The van der Waals surface area contributed by atoms with E-state index in [4.69, 9.17) is 8.83 Å². The minimum absolute atomic E-state index is 0.344. The van der Waals surface area contributed by atoms with Crippen LogP contribution in [0.3, 0.4) is 0 Å². The minimum atomic E-state index is -0.344. The first-order chi connectivity index (χ1) is 30.7. The van der Waals surface area contributed by atoms with Crippen LogP contribution < -0.4 is 11.3 Å². The van der Waals surface area contributed by atoms with Crippen molar-refractivity contribution in [2.75, 3.05) is 0 Å². The number of hydrogen-bond donors (Lipinski definition) is 0. The van der Waals surface area contributed by atoms with Crippen LogP contribution in [0.5, 0.6) is 0 Å². The molecule has 296 valence electrons. The lowest BCUT2D eigenvalue weighted by atomic mass is 9.87. The molecule has 8 aromatic carbocycles. The van der Waals surface area contributed by atoms with Crippen molar-refractivity contribution in [1.82, 2.24) is 0 Å². The summed E-state index contributed by atoms with van der Waals surface area (Å²) in [7, 11) is 0. The molecule has 0 N–H and O–H groups in total. The van der Waals surface area contributed by atoms with Gasteiger partial charge in [-0.1, -0.05) is 243 Å². The van der Waals surface area contributed by atoms with Gasteiger partial charge in [-0.05, 0) is 33.4 Å². The molecule has 0 atom stereocenters. The molecule has 0 bridgehead atoms. The van der Waals surface area contributed by atoms with Crippen LogP contribution in [-0.2, 0) is 0 Å². The van der Waals surface area contributed by atoms with E-state index in [2.05, 4.69) is 24.3 Å². The van der Waals surface area contributed by atoms with E-state index in [-0.39, 0.29) is 11.3 Å². The third-order valence-corrected chi connectivity index (χ3v) is 10.7. The van der Waals surface area contributed by atoms with E-state index >= 15 is 0 Å². The molecule has 0 unspecified atom stereocenters. The van der Waals surface area contributed by atoms with E-state index in [1.807, 2.05) is 218 Å². The first-order valence-corrected chi connectivity index (χ1v) is 20.5. The van der Waals surface area contributed by atoms with Crippen molar-refractivity contribution < 1.29 is 8.83 Å². The molecule has 0 saturated heterocycles. The summed E-state index contributed by atoms with van der Waals surface area (Å²) in [5.74, 6) is 1.16. The van der Waals surface area contributed by atoms with E-state index in [9.17, 15) is 9.59 Å². The second-order valence-corrected chi connectivity index (χ2v) is 14.6. The summed E-state index contributed by atoms with van der Waals surface area (Å²) < 4.78 is 12.1. The zero-order valence-corrected chi connectivity index (χ0v) is 33.7. The molecular formula is C58H40O4. The molecule has 2 heterocycles. The average Bonchev–Trinajstić information content (AvgIpc) is 3.35. The molecule has 2 aromatic heterocycles. The van der Waals surface area contributed by atoms with Crippen molar-refractivity contribution in [3.05, 3.63) is 263 Å². The molecule has 4 heteroatoms. The Bertz CT molecular complexity index is 2930. The van der Waals surface area contributed by atoms with Gasteiger partial charge in [-0.25, -0.2) is 9.59 Å². The lowest BCUT2D eigenvalue weighted by Gasteiger charge is -2.18. The SMILES string of the molecule is O=c1oc(-c2ccccc2)c(-c2ccccc2)c(-c2ccccc2)c1-c1ccccc1.O=c1oc(-c2ccccc2)c(-c2ccccc2)c(-c2ccccc2)c1-c1ccccc1. The maximum absolute atomic E-state index is 13.4. The number of benzene rings is 8. The molecule has 0 aliphatic rings. The largest absolute Gasteiger partial charge is 0.422 e. The van der Waals surface area contributed by atoms with Crippen molar-refractivity contribution >= 4 is 0 Å². The van der Waals surface area contributed by atoms with Crippen LogP contribution in [0.1, 0.15) is 0 Å². The van der Waals surface area contributed by atoms with Gasteiger partial charge in [0.15, 0.2) is 0 Å². The van der Waals surface area contributed by atoms with Crippen molar-refractivity contribution in [2.24, 2.45) is 0 Å². The molecule has 0 fully saturated rings. The lowest BCUT2D eigenvalue weighted by molar-refractivity contribution is 0.530. The topological polar surface area (TPSA) is 60.4 Å². The Labute approximate surface area is 360 Å². The maximum Gasteiger partial charge on any atom is 0.344 e. The van der Waals surface area contributed by atoms with Gasteiger partial charge in [0.05, 0.1) is 11.1 Å². The van der Waals surface area contributed by atoms with Crippen LogP contribution in [0.4, 0.5) is 0 Å². The van der Waals surface area contributed by atoms with Gasteiger partial charge in [-0.3, -0.25) is 0 Å². The van der Waals surface area contributed by atoms with Crippen LogP contribution in [-0.4, -0.2) is 0 Å². The molecule has 0 aliphatic heterocycles. The Hall–Kier alpha value is -8.34. The highest BCUT2D eigenvalue weighted by Crippen LogP contribution is 2.45. The van der Waals surface area contributed by atoms with E-state index in [0.717, 1.165) is 66.8 Å². The van der Waals surface area contributed by atoms with Crippen LogP contribution in [0.25, 0.3) is 89.4 Å². The van der Waals surface area contributed by atoms with Gasteiger partial charge < -0.3 is 8.83 Å². The fourth-order valence-corrected chi connectivity index (χ4v) is 7.94. The molecule has 0 amide bonds. The number of hydrogen-bond acceptors (Lipinski definition) is 4. The quantitative estimate of drug-likeness (QED) is 0.154. The third-order valence-electron chi connectivity index (χ3n) is 10.7. The fraction of sp³-hybridized carbons (Fsp3) is 0. The van der Waals surface area contributed by atoms with E-state index < -0.39 is 0 Å².